The van der Waals surface area contributed by atoms with Crippen molar-refractivity contribution in [1.29, 1.82) is 0 Å². The summed E-state index contributed by atoms with van der Waals surface area (Å²) in [6.45, 7) is 5.18. The molecule has 1 saturated heterocycles. The van der Waals surface area contributed by atoms with Gasteiger partial charge in [0.15, 0.2) is 0 Å². The highest BCUT2D eigenvalue weighted by atomic mass is 32.1. The minimum Gasteiger partial charge on any atom is -0.349 e. The molecule has 1 aliphatic heterocycles. The monoisotopic (exact) mass is 434 g/mol. The summed E-state index contributed by atoms with van der Waals surface area (Å²) in [4.78, 5) is 29.2. The molecule has 1 N–H and O–H groups in total. The van der Waals surface area contributed by atoms with Gasteiger partial charge in [0.2, 0.25) is 0 Å². The van der Waals surface area contributed by atoms with Gasteiger partial charge in [-0.05, 0) is 55.2 Å². The average Bonchev–Trinajstić information content (AvgIpc) is 3.06. The Morgan fingerprint density at radius 3 is 2.81 bits per heavy atom. The first kappa shape index (κ1) is 20.0. The van der Waals surface area contributed by atoms with Crippen molar-refractivity contribution in [3.8, 4) is 10.4 Å². The summed E-state index contributed by atoms with van der Waals surface area (Å²) in [6, 6.07) is 12.0. The second-order valence-corrected chi connectivity index (χ2v) is 9.64. The number of benzene rings is 1. The second-order valence-electron chi connectivity index (χ2n) is 8.72. The number of hydrogen-bond donors (Lipinski definition) is 1. The standard InChI is InChI=1S/C24H26N4O2S/c1-14-5-4-6-16(9-14)22-18(7-8-31-22)24(30)28-13-17-11-19(17)21(28)12-25-23(29)20-10-15(2)26-27(20)3/h4-10,17,19,21H,11-13H2,1-3H3,(H,25,29)/t17-,19-,21+/m0/s1. The van der Waals surface area contributed by atoms with Crippen molar-refractivity contribution in [2.45, 2.75) is 26.3 Å². The molecule has 0 spiro atoms. The summed E-state index contributed by atoms with van der Waals surface area (Å²) in [5.41, 5.74) is 4.38. The number of thiophene rings is 1. The van der Waals surface area contributed by atoms with E-state index in [1.807, 2.05) is 29.3 Å². The van der Waals surface area contributed by atoms with Gasteiger partial charge in [0.05, 0.1) is 17.3 Å². The lowest BCUT2D eigenvalue weighted by Crippen LogP contribution is -2.45. The predicted octanol–water partition coefficient (Wildman–Crippen LogP) is 3.66. The van der Waals surface area contributed by atoms with Crippen molar-refractivity contribution in [2.24, 2.45) is 18.9 Å². The van der Waals surface area contributed by atoms with E-state index in [9.17, 15) is 9.59 Å². The van der Waals surface area contributed by atoms with E-state index < -0.39 is 0 Å². The quantitative estimate of drug-likeness (QED) is 0.667. The number of piperidine rings is 1. The van der Waals surface area contributed by atoms with Crippen LogP contribution in [0.1, 0.15) is 38.5 Å². The molecule has 1 aliphatic carbocycles. The van der Waals surface area contributed by atoms with Crippen LogP contribution in [0.25, 0.3) is 10.4 Å². The Hall–Kier alpha value is -2.93. The molecule has 160 valence electrons. The van der Waals surface area contributed by atoms with Crippen LogP contribution in [0.3, 0.4) is 0 Å². The highest BCUT2D eigenvalue weighted by molar-refractivity contribution is 7.14. The van der Waals surface area contributed by atoms with Crippen LogP contribution >= 0.6 is 11.3 Å². The summed E-state index contributed by atoms with van der Waals surface area (Å²) in [6.07, 6.45) is 1.14. The van der Waals surface area contributed by atoms with E-state index in [1.165, 1.54) is 5.56 Å². The highest BCUT2D eigenvalue weighted by Gasteiger charge is 2.54. The number of aryl methyl sites for hydroxylation is 3. The van der Waals surface area contributed by atoms with Crippen molar-refractivity contribution >= 4 is 23.2 Å². The highest BCUT2D eigenvalue weighted by Crippen LogP contribution is 2.50. The molecule has 3 aromatic rings. The third-order valence-electron chi connectivity index (χ3n) is 6.45. The fourth-order valence-electron chi connectivity index (χ4n) is 4.82. The van der Waals surface area contributed by atoms with Crippen LogP contribution in [0.15, 0.2) is 41.8 Å². The van der Waals surface area contributed by atoms with Crippen molar-refractivity contribution in [3.05, 3.63) is 64.3 Å². The molecule has 0 radical (unpaired) electrons. The van der Waals surface area contributed by atoms with E-state index in [0.29, 0.717) is 24.1 Å². The lowest BCUT2D eigenvalue weighted by atomic mass is 10.1. The van der Waals surface area contributed by atoms with Gasteiger partial charge in [-0.3, -0.25) is 14.3 Å². The molecule has 6 nitrogen and oxygen atoms in total. The first-order valence-electron chi connectivity index (χ1n) is 10.7. The number of carbonyl (C=O) groups excluding carboxylic acids is 2. The van der Waals surface area contributed by atoms with Crippen LogP contribution in [-0.4, -0.2) is 45.6 Å². The first-order valence-corrected chi connectivity index (χ1v) is 11.5. The fourth-order valence-corrected chi connectivity index (χ4v) is 5.71. The Labute approximate surface area is 185 Å². The molecule has 3 heterocycles. The molecule has 2 fully saturated rings. The van der Waals surface area contributed by atoms with E-state index >= 15 is 0 Å². The van der Waals surface area contributed by atoms with Gasteiger partial charge in [0, 0.05) is 25.0 Å². The number of aromatic nitrogens is 2. The lowest BCUT2D eigenvalue weighted by Gasteiger charge is -2.28. The van der Waals surface area contributed by atoms with E-state index in [1.54, 1.807) is 29.1 Å². The van der Waals surface area contributed by atoms with Crippen molar-refractivity contribution in [3.63, 3.8) is 0 Å². The maximum atomic E-state index is 13.5. The van der Waals surface area contributed by atoms with E-state index in [4.69, 9.17) is 0 Å². The van der Waals surface area contributed by atoms with Gasteiger partial charge >= 0.3 is 0 Å². The van der Waals surface area contributed by atoms with E-state index in [-0.39, 0.29) is 17.9 Å². The molecule has 2 aliphatic rings. The number of fused-ring (bicyclic) bond motifs is 1. The third kappa shape index (κ3) is 3.67. The van der Waals surface area contributed by atoms with Crippen molar-refractivity contribution in [1.82, 2.24) is 20.0 Å². The molecule has 0 unspecified atom stereocenters. The molecule has 2 amide bonds. The van der Waals surface area contributed by atoms with Crippen LogP contribution in [-0.2, 0) is 7.05 Å². The number of nitrogens with zero attached hydrogens (tertiary/aromatic N) is 3. The molecule has 3 atom stereocenters. The SMILES string of the molecule is Cc1cccc(-c2sccc2C(=O)N2C[C@@H]3C[C@@H]3[C@H]2CNC(=O)c2cc(C)nn2C)c1. The Morgan fingerprint density at radius 2 is 2.06 bits per heavy atom. The van der Waals surface area contributed by atoms with Crippen molar-refractivity contribution < 1.29 is 9.59 Å². The van der Waals surface area contributed by atoms with E-state index in [0.717, 1.165) is 34.7 Å². The van der Waals surface area contributed by atoms with Gasteiger partial charge in [0.25, 0.3) is 11.8 Å². The molecule has 5 rings (SSSR count). The van der Waals surface area contributed by atoms with Gasteiger partial charge in [-0.1, -0.05) is 29.8 Å². The smallest absolute Gasteiger partial charge is 0.269 e. The zero-order valence-electron chi connectivity index (χ0n) is 18.0. The summed E-state index contributed by atoms with van der Waals surface area (Å²) in [7, 11) is 1.77. The maximum Gasteiger partial charge on any atom is 0.269 e. The number of amides is 2. The summed E-state index contributed by atoms with van der Waals surface area (Å²) in [5.74, 6) is 0.973. The third-order valence-corrected chi connectivity index (χ3v) is 7.41. The molecular formula is C24H26N4O2S. The molecule has 1 aromatic carbocycles. The van der Waals surface area contributed by atoms with E-state index in [2.05, 4.69) is 35.5 Å². The number of carbonyl (C=O) groups is 2. The average molecular weight is 435 g/mol. The van der Waals surface area contributed by atoms with Gasteiger partial charge in [-0.15, -0.1) is 11.3 Å². The van der Waals surface area contributed by atoms with Gasteiger partial charge < -0.3 is 10.2 Å². The molecule has 1 saturated carbocycles. The molecule has 0 bridgehead atoms. The van der Waals surface area contributed by atoms with Gasteiger partial charge in [-0.2, -0.15) is 5.10 Å². The van der Waals surface area contributed by atoms with Crippen LogP contribution in [0, 0.1) is 25.7 Å². The van der Waals surface area contributed by atoms with Crippen LogP contribution < -0.4 is 5.32 Å². The minimum atomic E-state index is -0.143. The Morgan fingerprint density at radius 1 is 1.23 bits per heavy atom. The Bertz CT molecular complexity index is 1160. The number of likely N-dealkylation sites (tertiary alicyclic amines) is 1. The van der Waals surface area contributed by atoms with Crippen LogP contribution in [0.4, 0.5) is 0 Å². The normalized spacial score (nSPS) is 21.8. The zero-order valence-corrected chi connectivity index (χ0v) is 18.8. The molecule has 7 heteroatoms. The number of nitrogens with one attached hydrogen (secondary N) is 1. The minimum absolute atomic E-state index is 0.0426. The lowest BCUT2D eigenvalue weighted by molar-refractivity contribution is 0.0695. The summed E-state index contributed by atoms with van der Waals surface area (Å²) < 4.78 is 1.60. The number of rotatable bonds is 5. The van der Waals surface area contributed by atoms with Crippen LogP contribution in [0.2, 0.25) is 0 Å². The van der Waals surface area contributed by atoms with Gasteiger partial charge in [0.1, 0.15) is 5.69 Å². The second kappa shape index (κ2) is 7.64. The topological polar surface area (TPSA) is 67.2 Å². The van der Waals surface area contributed by atoms with Gasteiger partial charge in [-0.25, -0.2) is 0 Å². The molecule has 2 aromatic heterocycles. The zero-order chi connectivity index (χ0) is 21.7. The summed E-state index contributed by atoms with van der Waals surface area (Å²) >= 11 is 1.60. The first-order chi connectivity index (χ1) is 14.9. The molecular weight excluding hydrogens is 408 g/mol. The van der Waals surface area contributed by atoms with Crippen molar-refractivity contribution in [2.75, 3.05) is 13.1 Å². The fraction of sp³-hybridized carbons (Fsp3) is 0.375. The largest absolute Gasteiger partial charge is 0.349 e. The number of hydrogen-bond acceptors (Lipinski definition) is 4. The van der Waals surface area contributed by atoms with Crippen LogP contribution in [0.5, 0.6) is 0 Å². The summed E-state index contributed by atoms with van der Waals surface area (Å²) in [5, 5.41) is 9.28. The predicted molar refractivity (Wildman–Crippen MR) is 121 cm³/mol. The maximum absolute atomic E-state index is 13.5. The Balaban J connectivity index is 1.34. The Kier molecular flexibility index (Phi) is 4.93. The molecule has 31 heavy (non-hydrogen) atoms.